The van der Waals surface area contributed by atoms with Gasteiger partial charge < -0.3 is 10.6 Å². The molecule has 0 aliphatic carbocycles. The number of nitrogens with one attached hydrogen (secondary N) is 2. The minimum absolute atomic E-state index is 0.151. The minimum Gasteiger partial charge on any atom is -0.319 e. The first-order valence-corrected chi connectivity index (χ1v) is 5.90. The van der Waals surface area contributed by atoms with Gasteiger partial charge >= 0.3 is 0 Å². The van der Waals surface area contributed by atoms with Crippen LogP contribution in [-0.2, 0) is 6.42 Å². The van der Waals surface area contributed by atoms with Gasteiger partial charge in [-0.1, -0.05) is 0 Å². The molecular weight excluding hydrogens is 207 g/mol. The van der Waals surface area contributed by atoms with Gasteiger partial charge in [-0.25, -0.2) is 4.68 Å². The summed E-state index contributed by atoms with van der Waals surface area (Å²) >= 11 is 0. The van der Waals surface area contributed by atoms with E-state index in [0.29, 0.717) is 12.0 Å². The second-order valence-corrected chi connectivity index (χ2v) is 4.24. The molecule has 0 aromatic carbocycles. The molecule has 2 N–H and O–H groups in total. The standard InChI is InChI=1S/C11H19FN4/c1-13-5-2-9-8-15-16(11(9)12)10-3-6-14-7-4-10/h8,10,13-14H,2-7H2,1H3. The summed E-state index contributed by atoms with van der Waals surface area (Å²) in [5, 5.41) is 10.5. The van der Waals surface area contributed by atoms with Crippen molar-refractivity contribution < 1.29 is 4.39 Å². The molecule has 1 saturated heterocycles. The molecule has 16 heavy (non-hydrogen) atoms. The number of hydrogen-bond donors (Lipinski definition) is 2. The zero-order valence-corrected chi connectivity index (χ0v) is 9.67. The third-order valence-corrected chi connectivity index (χ3v) is 3.10. The van der Waals surface area contributed by atoms with Gasteiger partial charge in [0.1, 0.15) is 0 Å². The van der Waals surface area contributed by atoms with Crippen molar-refractivity contribution in [3.8, 4) is 0 Å². The molecule has 0 bridgehead atoms. The molecule has 0 radical (unpaired) electrons. The van der Waals surface area contributed by atoms with E-state index in [1.54, 1.807) is 10.9 Å². The van der Waals surface area contributed by atoms with Crippen LogP contribution in [-0.4, -0.2) is 36.5 Å². The summed E-state index contributed by atoms with van der Waals surface area (Å²) in [7, 11) is 1.87. The van der Waals surface area contributed by atoms with Crippen LogP contribution in [0.25, 0.3) is 0 Å². The van der Waals surface area contributed by atoms with E-state index in [9.17, 15) is 4.39 Å². The number of nitrogens with zero attached hydrogens (tertiary/aromatic N) is 2. The first-order chi connectivity index (χ1) is 7.83. The highest BCUT2D eigenvalue weighted by Crippen LogP contribution is 2.20. The molecule has 5 heteroatoms. The van der Waals surface area contributed by atoms with Crippen molar-refractivity contribution >= 4 is 0 Å². The molecule has 90 valence electrons. The topological polar surface area (TPSA) is 41.9 Å². The summed E-state index contributed by atoms with van der Waals surface area (Å²) in [6.45, 7) is 2.69. The molecule has 0 unspecified atom stereocenters. The first-order valence-electron chi connectivity index (χ1n) is 5.90. The van der Waals surface area contributed by atoms with E-state index >= 15 is 0 Å². The monoisotopic (exact) mass is 226 g/mol. The van der Waals surface area contributed by atoms with Gasteiger partial charge in [-0.15, -0.1) is 0 Å². The maximum absolute atomic E-state index is 14.0. The normalized spacial score (nSPS) is 17.9. The molecule has 1 fully saturated rings. The molecule has 2 rings (SSSR count). The van der Waals surface area contributed by atoms with Crippen LogP contribution in [0.4, 0.5) is 4.39 Å². The van der Waals surface area contributed by atoms with Crippen molar-refractivity contribution in [3.63, 3.8) is 0 Å². The number of likely N-dealkylation sites (N-methyl/N-ethyl adjacent to an activating group) is 1. The minimum atomic E-state index is -0.151. The Balaban J connectivity index is 2.06. The molecule has 0 amide bonds. The van der Waals surface area contributed by atoms with Crippen molar-refractivity contribution in [2.75, 3.05) is 26.7 Å². The lowest BCUT2D eigenvalue weighted by Crippen LogP contribution is -2.30. The molecule has 1 aliphatic rings. The van der Waals surface area contributed by atoms with Crippen LogP contribution in [0.5, 0.6) is 0 Å². The van der Waals surface area contributed by atoms with Crippen LogP contribution in [0, 0.1) is 5.95 Å². The van der Waals surface area contributed by atoms with Crippen molar-refractivity contribution in [2.45, 2.75) is 25.3 Å². The fourth-order valence-electron chi connectivity index (χ4n) is 2.12. The zero-order chi connectivity index (χ0) is 11.4. The van der Waals surface area contributed by atoms with Gasteiger partial charge in [-0.3, -0.25) is 0 Å². The molecule has 2 heterocycles. The quantitative estimate of drug-likeness (QED) is 0.794. The highest BCUT2D eigenvalue weighted by atomic mass is 19.1. The number of hydrogen-bond acceptors (Lipinski definition) is 3. The van der Waals surface area contributed by atoms with E-state index in [1.807, 2.05) is 7.05 Å². The van der Waals surface area contributed by atoms with Gasteiger partial charge in [0.15, 0.2) is 0 Å². The third kappa shape index (κ3) is 2.41. The van der Waals surface area contributed by atoms with Crippen LogP contribution in [0.1, 0.15) is 24.4 Å². The van der Waals surface area contributed by atoms with Gasteiger partial charge in [-0.05, 0) is 45.9 Å². The number of aromatic nitrogens is 2. The van der Waals surface area contributed by atoms with Crippen LogP contribution in [0.15, 0.2) is 6.20 Å². The fraction of sp³-hybridized carbons (Fsp3) is 0.727. The maximum atomic E-state index is 14.0. The van der Waals surface area contributed by atoms with E-state index in [4.69, 9.17) is 0 Å². The average Bonchev–Trinajstić information content (AvgIpc) is 2.69. The van der Waals surface area contributed by atoms with Crippen molar-refractivity contribution in [1.82, 2.24) is 20.4 Å². The largest absolute Gasteiger partial charge is 0.319 e. The lowest BCUT2D eigenvalue weighted by atomic mass is 10.1. The van der Waals surface area contributed by atoms with Gasteiger partial charge in [0, 0.05) is 5.56 Å². The maximum Gasteiger partial charge on any atom is 0.214 e. The van der Waals surface area contributed by atoms with Gasteiger partial charge in [0.2, 0.25) is 5.95 Å². The third-order valence-electron chi connectivity index (χ3n) is 3.10. The molecule has 1 aliphatic heterocycles. The molecule has 1 aromatic rings. The number of rotatable bonds is 4. The highest BCUT2D eigenvalue weighted by Gasteiger charge is 2.20. The Kier molecular flexibility index (Phi) is 3.90. The summed E-state index contributed by atoms with van der Waals surface area (Å²) in [4.78, 5) is 0. The summed E-state index contributed by atoms with van der Waals surface area (Å²) < 4.78 is 15.6. The van der Waals surface area contributed by atoms with Gasteiger partial charge in [0.05, 0.1) is 12.2 Å². The smallest absolute Gasteiger partial charge is 0.214 e. The van der Waals surface area contributed by atoms with E-state index in [1.165, 1.54) is 0 Å². The molecule has 0 atom stereocenters. The Morgan fingerprint density at radius 2 is 2.31 bits per heavy atom. The Morgan fingerprint density at radius 3 is 3.00 bits per heavy atom. The number of halogens is 1. The molecule has 4 nitrogen and oxygen atoms in total. The van der Waals surface area contributed by atoms with E-state index < -0.39 is 0 Å². The predicted octanol–water partition coefficient (Wildman–Crippen LogP) is 0.709. The predicted molar refractivity (Wildman–Crippen MR) is 61.0 cm³/mol. The second kappa shape index (κ2) is 5.41. The molecule has 0 spiro atoms. The second-order valence-electron chi connectivity index (χ2n) is 4.24. The highest BCUT2D eigenvalue weighted by molar-refractivity contribution is 5.08. The summed E-state index contributed by atoms with van der Waals surface area (Å²) in [5.74, 6) is -0.151. The van der Waals surface area contributed by atoms with E-state index in [0.717, 1.165) is 32.5 Å². The van der Waals surface area contributed by atoms with Crippen LogP contribution >= 0.6 is 0 Å². The number of piperidine rings is 1. The lowest BCUT2D eigenvalue weighted by molar-refractivity contribution is 0.302. The molecule has 1 aromatic heterocycles. The van der Waals surface area contributed by atoms with Crippen LogP contribution in [0.3, 0.4) is 0 Å². The van der Waals surface area contributed by atoms with E-state index in [-0.39, 0.29) is 12.0 Å². The summed E-state index contributed by atoms with van der Waals surface area (Å²) in [6.07, 6.45) is 4.29. The summed E-state index contributed by atoms with van der Waals surface area (Å²) in [6, 6.07) is 0.226. The Hall–Kier alpha value is -0.940. The zero-order valence-electron chi connectivity index (χ0n) is 9.67. The van der Waals surface area contributed by atoms with Crippen LogP contribution in [0.2, 0.25) is 0 Å². The Labute approximate surface area is 95.2 Å². The van der Waals surface area contributed by atoms with Crippen LogP contribution < -0.4 is 10.6 Å². The SMILES string of the molecule is CNCCc1cnn(C2CCNCC2)c1F. The fourth-order valence-corrected chi connectivity index (χ4v) is 2.12. The summed E-state index contributed by atoms with van der Waals surface area (Å²) in [5.41, 5.74) is 0.716. The lowest BCUT2D eigenvalue weighted by Gasteiger charge is -2.23. The Bertz CT molecular complexity index is 331. The van der Waals surface area contributed by atoms with Crippen molar-refractivity contribution in [1.29, 1.82) is 0 Å². The molecular formula is C11H19FN4. The van der Waals surface area contributed by atoms with Gasteiger partial charge in [0.25, 0.3) is 0 Å². The van der Waals surface area contributed by atoms with Gasteiger partial charge in [-0.2, -0.15) is 9.49 Å². The average molecular weight is 226 g/mol. The Morgan fingerprint density at radius 1 is 1.56 bits per heavy atom. The van der Waals surface area contributed by atoms with E-state index in [2.05, 4.69) is 15.7 Å². The van der Waals surface area contributed by atoms with Crippen molar-refractivity contribution in [3.05, 3.63) is 17.7 Å². The first kappa shape index (κ1) is 11.5. The molecule has 0 saturated carbocycles. The van der Waals surface area contributed by atoms with Crippen molar-refractivity contribution in [2.24, 2.45) is 0 Å².